The molecular formula is C8H9BF2O3. The Labute approximate surface area is 80.1 Å². The van der Waals surface area contributed by atoms with Crippen molar-refractivity contribution in [2.24, 2.45) is 0 Å². The minimum Gasteiger partial charge on any atom is -0.512 e. The van der Waals surface area contributed by atoms with E-state index >= 15 is 0 Å². The lowest BCUT2D eigenvalue weighted by Crippen LogP contribution is -2.20. The third-order valence-corrected chi connectivity index (χ3v) is 1.58. The van der Waals surface area contributed by atoms with Gasteiger partial charge in [-0.1, -0.05) is 6.07 Å². The molecule has 0 radical (unpaired) electrons. The number of hydrogen-bond acceptors (Lipinski definition) is 3. The minimum atomic E-state index is -1.99. The van der Waals surface area contributed by atoms with Gasteiger partial charge < -0.3 is 14.7 Å². The molecule has 14 heavy (non-hydrogen) atoms. The molecule has 0 aliphatic heterocycles. The number of benzene rings is 1. The van der Waals surface area contributed by atoms with Gasteiger partial charge in [-0.3, -0.25) is 0 Å². The summed E-state index contributed by atoms with van der Waals surface area (Å²) in [6, 6.07) is 3.90. The predicted octanol–water partition coefficient (Wildman–Crippen LogP) is 0.974. The first kappa shape index (κ1) is 10.9. The molecule has 0 saturated heterocycles. The topological polar surface area (TPSA) is 49.7 Å². The molecule has 3 nitrogen and oxygen atoms in total. The molecule has 6 heteroatoms. The minimum absolute atomic E-state index is 0.0304. The zero-order valence-electron chi connectivity index (χ0n) is 7.28. The maximum absolute atomic E-state index is 12.3. The zero-order valence-corrected chi connectivity index (χ0v) is 7.28. The molecule has 0 spiro atoms. The van der Waals surface area contributed by atoms with Crippen LogP contribution >= 0.6 is 0 Å². The van der Waals surface area contributed by atoms with Crippen molar-refractivity contribution < 1.29 is 23.5 Å². The van der Waals surface area contributed by atoms with Crippen LogP contribution in [0.25, 0.3) is 0 Å². The summed E-state index contributed by atoms with van der Waals surface area (Å²) in [5.74, 6) is 0.0304. The molecule has 0 bridgehead atoms. The van der Waals surface area contributed by atoms with E-state index in [0.29, 0.717) is 0 Å². The molecule has 1 aromatic rings. The molecule has 0 amide bonds. The van der Waals surface area contributed by atoms with E-state index in [0.717, 1.165) is 0 Å². The van der Waals surface area contributed by atoms with E-state index in [9.17, 15) is 8.78 Å². The second kappa shape index (κ2) is 4.92. The lowest BCUT2D eigenvalue weighted by Gasteiger charge is -2.07. The second-order valence-corrected chi connectivity index (χ2v) is 2.70. The smallest absolute Gasteiger partial charge is 0.512 e. The number of halogens is 2. The van der Waals surface area contributed by atoms with Gasteiger partial charge in [0.05, 0.1) is 0 Å². The average Bonchev–Trinajstić information content (AvgIpc) is 2.16. The first-order valence-electron chi connectivity index (χ1n) is 3.93. The van der Waals surface area contributed by atoms with Crippen molar-refractivity contribution in [2.45, 2.75) is 13.3 Å². The molecule has 76 valence electrons. The van der Waals surface area contributed by atoms with E-state index in [1.807, 2.05) is 0 Å². The Morgan fingerprint density at radius 1 is 1.07 bits per heavy atom. The maximum Gasteiger partial charge on any atom is 0.707 e. The van der Waals surface area contributed by atoms with Gasteiger partial charge in [-0.05, 0) is 23.3 Å². The van der Waals surface area contributed by atoms with Crippen LogP contribution in [-0.4, -0.2) is 17.4 Å². The molecule has 1 rings (SSSR count). The number of hydrogen-bond donors (Lipinski definition) is 2. The van der Waals surface area contributed by atoms with Crippen molar-refractivity contribution in [2.75, 3.05) is 0 Å². The van der Waals surface area contributed by atoms with Crippen molar-refractivity contribution in [1.29, 1.82) is 0 Å². The predicted molar refractivity (Wildman–Crippen MR) is 46.9 cm³/mol. The summed E-state index contributed by atoms with van der Waals surface area (Å²) in [5, 5.41) is 17.0. The highest BCUT2D eigenvalue weighted by Gasteiger charge is 2.12. The van der Waals surface area contributed by atoms with Crippen LogP contribution in [0.2, 0.25) is 0 Å². The summed E-state index contributed by atoms with van der Waals surface area (Å²) in [7, 11) is -1.99. The molecule has 0 aliphatic rings. The Morgan fingerprint density at radius 3 is 1.93 bits per heavy atom. The molecule has 0 fully saturated rings. The van der Waals surface area contributed by atoms with Crippen molar-refractivity contribution in [3.05, 3.63) is 29.3 Å². The summed E-state index contributed by atoms with van der Waals surface area (Å²) in [6.07, 6.45) is 0. The molecule has 0 aromatic heterocycles. The summed E-state index contributed by atoms with van der Waals surface area (Å²) in [5.41, 5.74) is 0.464. The van der Waals surface area contributed by atoms with Crippen LogP contribution in [0.3, 0.4) is 0 Å². The fraction of sp³-hybridized carbons (Fsp3) is 0.250. The van der Waals surface area contributed by atoms with E-state index in [1.165, 1.54) is 18.2 Å². The SMILES string of the molecule is OB(O)Oc1cc(CF)cc(CF)c1. The molecule has 0 unspecified atom stereocenters. The van der Waals surface area contributed by atoms with Crippen molar-refractivity contribution in [3.63, 3.8) is 0 Å². The summed E-state index contributed by atoms with van der Waals surface area (Å²) in [4.78, 5) is 0. The van der Waals surface area contributed by atoms with E-state index < -0.39 is 20.7 Å². The fourth-order valence-corrected chi connectivity index (χ4v) is 1.07. The first-order chi connectivity index (χ1) is 6.65. The molecule has 0 atom stereocenters. The monoisotopic (exact) mass is 202 g/mol. The van der Waals surface area contributed by atoms with E-state index in [-0.39, 0.29) is 16.9 Å². The maximum atomic E-state index is 12.3. The van der Waals surface area contributed by atoms with E-state index in [1.54, 1.807) is 0 Å². The van der Waals surface area contributed by atoms with Crippen molar-refractivity contribution in [1.82, 2.24) is 0 Å². The lowest BCUT2D eigenvalue weighted by atomic mass is 10.1. The Balaban J connectivity index is 2.92. The van der Waals surface area contributed by atoms with Gasteiger partial charge in [0.15, 0.2) is 0 Å². The van der Waals surface area contributed by atoms with Crippen LogP contribution in [-0.2, 0) is 13.3 Å². The highest BCUT2D eigenvalue weighted by atomic mass is 19.1. The van der Waals surface area contributed by atoms with E-state index in [4.69, 9.17) is 10.0 Å². The highest BCUT2D eigenvalue weighted by molar-refractivity contribution is 6.33. The number of rotatable bonds is 4. The quantitative estimate of drug-likeness (QED) is 0.715. The summed E-state index contributed by atoms with van der Waals surface area (Å²) < 4.78 is 29.0. The molecule has 0 saturated carbocycles. The number of alkyl halides is 2. The van der Waals surface area contributed by atoms with Gasteiger partial charge in [-0.15, -0.1) is 0 Å². The van der Waals surface area contributed by atoms with Crippen molar-refractivity contribution >= 4 is 7.32 Å². The average molecular weight is 202 g/mol. The molecular weight excluding hydrogens is 193 g/mol. The van der Waals surface area contributed by atoms with E-state index in [2.05, 4.69) is 4.65 Å². The van der Waals surface area contributed by atoms with Gasteiger partial charge in [0.1, 0.15) is 19.1 Å². The standard InChI is InChI=1S/C8H9BF2O3/c10-4-6-1-7(5-11)3-8(2-6)14-9(12)13/h1-3,12-13H,4-5H2. The van der Waals surface area contributed by atoms with Gasteiger partial charge in [0.25, 0.3) is 0 Å². The van der Waals surface area contributed by atoms with Gasteiger partial charge in [-0.2, -0.15) is 0 Å². The van der Waals surface area contributed by atoms with Gasteiger partial charge >= 0.3 is 7.32 Å². The van der Waals surface area contributed by atoms with Crippen LogP contribution in [0.4, 0.5) is 8.78 Å². The van der Waals surface area contributed by atoms with Crippen LogP contribution in [0.1, 0.15) is 11.1 Å². The Bertz CT molecular complexity index is 284. The van der Waals surface area contributed by atoms with Gasteiger partial charge in [0.2, 0.25) is 0 Å². The third kappa shape index (κ3) is 2.97. The van der Waals surface area contributed by atoms with Gasteiger partial charge in [0, 0.05) is 0 Å². The van der Waals surface area contributed by atoms with Crippen LogP contribution in [0, 0.1) is 0 Å². The molecule has 2 N–H and O–H groups in total. The highest BCUT2D eigenvalue weighted by Crippen LogP contribution is 2.19. The summed E-state index contributed by atoms with van der Waals surface area (Å²) >= 11 is 0. The molecule has 0 aliphatic carbocycles. The Kier molecular flexibility index (Phi) is 3.85. The first-order valence-corrected chi connectivity index (χ1v) is 3.93. The van der Waals surface area contributed by atoms with Crippen LogP contribution in [0.15, 0.2) is 18.2 Å². The third-order valence-electron chi connectivity index (χ3n) is 1.58. The Hall–Kier alpha value is -1.14. The zero-order chi connectivity index (χ0) is 10.6. The largest absolute Gasteiger partial charge is 0.707 e. The fourth-order valence-electron chi connectivity index (χ4n) is 1.07. The lowest BCUT2D eigenvalue weighted by molar-refractivity contribution is 0.287. The van der Waals surface area contributed by atoms with Gasteiger partial charge in [-0.25, -0.2) is 8.78 Å². The normalized spacial score (nSPS) is 10.0. The van der Waals surface area contributed by atoms with Crippen LogP contribution in [0.5, 0.6) is 5.75 Å². The van der Waals surface area contributed by atoms with Crippen LogP contribution < -0.4 is 4.65 Å². The Morgan fingerprint density at radius 2 is 1.57 bits per heavy atom. The van der Waals surface area contributed by atoms with Crippen molar-refractivity contribution in [3.8, 4) is 5.75 Å². The second-order valence-electron chi connectivity index (χ2n) is 2.70. The molecule has 1 aromatic carbocycles. The summed E-state index contributed by atoms with van der Waals surface area (Å²) in [6.45, 7) is -1.52. The molecule has 0 heterocycles.